The summed E-state index contributed by atoms with van der Waals surface area (Å²) in [7, 11) is 0. The summed E-state index contributed by atoms with van der Waals surface area (Å²) in [4.78, 5) is 24.5. The Morgan fingerprint density at radius 2 is 0.676 bits per heavy atom. The van der Waals surface area contributed by atoms with Crippen LogP contribution in [0.25, 0.3) is 0 Å². The first kappa shape index (κ1) is 66.6. The Morgan fingerprint density at radius 1 is 0.397 bits per heavy atom. The molecule has 2 unspecified atom stereocenters. The average Bonchev–Trinajstić information content (AvgIpc) is 3.34. The Hall–Kier alpha value is -1.40. The van der Waals surface area contributed by atoms with E-state index in [4.69, 9.17) is 4.74 Å². The first-order valence-corrected chi connectivity index (χ1v) is 31.0. The standard InChI is InChI=1S/C62H121NO5/c1-3-5-7-9-11-13-15-17-19-24-28-32-36-40-44-48-52-56-62(67)68-57-53-49-45-41-37-33-29-26-23-21-20-22-25-27-31-35-39-43-47-51-55-61(66)63-59(58-64)60(65)54-50-46-42-38-34-30-18-16-14-12-10-8-6-4-2/h50,54,59-60,64-65H,3-49,51-53,55-58H2,1-2H3,(H,63,66)/b54-50+. The van der Waals surface area contributed by atoms with E-state index in [1.807, 2.05) is 6.08 Å². The van der Waals surface area contributed by atoms with Gasteiger partial charge in [0, 0.05) is 12.8 Å². The van der Waals surface area contributed by atoms with Crippen molar-refractivity contribution >= 4 is 11.9 Å². The molecule has 0 aliphatic rings. The molecule has 0 fully saturated rings. The zero-order valence-electron chi connectivity index (χ0n) is 46.1. The van der Waals surface area contributed by atoms with E-state index in [0.717, 1.165) is 38.5 Å². The summed E-state index contributed by atoms with van der Waals surface area (Å²) >= 11 is 0. The van der Waals surface area contributed by atoms with Crippen LogP contribution in [0.3, 0.4) is 0 Å². The van der Waals surface area contributed by atoms with Gasteiger partial charge in [0.25, 0.3) is 0 Å². The summed E-state index contributed by atoms with van der Waals surface area (Å²) in [5.74, 6) is -0.0534. The average molecular weight is 961 g/mol. The van der Waals surface area contributed by atoms with Crippen molar-refractivity contribution in [1.29, 1.82) is 0 Å². The molecular weight excluding hydrogens is 839 g/mol. The number of nitrogens with one attached hydrogen (secondary N) is 1. The Labute approximate surface area is 425 Å². The van der Waals surface area contributed by atoms with Crippen LogP contribution >= 0.6 is 0 Å². The van der Waals surface area contributed by atoms with Gasteiger partial charge in [0.2, 0.25) is 5.91 Å². The minimum absolute atomic E-state index is 0.0145. The molecule has 0 saturated heterocycles. The second-order valence-corrected chi connectivity index (χ2v) is 21.4. The van der Waals surface area contributed by atoms with Crippen molar-refractivity contribution in [1.82, 2.24) is 5.32 Å². The van der Waals surface area contributed by atoms with E-state index in [1.165, 1.54) is 283 Å². The number of aliphatic hydroxyl groups excluding tert-OH is 2. The minimum Gasteiger partial charge on any atom is -0.466 e. The molecule has 0 rings (SSSR count). The third-order valence-corrected chi connectivity index (χ3v) is 14.6. The summed E-state index contributed by atoms with van der Waals surface area (Å²) in [6.07, 6.45) is 69.6. The van der Waals surface area contributed by atoms with Gasteiger partial charge in [0.05, 0.1) is 25.4 Å². The molecular formula is C62H121NO5. The molecule has 0 aromatic carbocycles. The quantitative estimate of drug-likeness (QED) is 0.0321. The van der Waals surface area contributed by atoms with Gasteiger partial charge in [-0.05, 0) is 32.1 Å². The highest BCUT2D eigenvalue weighted by atomic mass is 16.5. The second kappa shape index (κ2) is 58.2. The fourth-order valence-electron chi connectivity index (χ4n) is 9.81. The van der Waals surface area contributed by atoms with Crippen LogP contribution in [0.4, 0.5) is 0 Å². The molecule has 0 radical (unpaired) electrons. The Balaban J connectivity index is 3.38. The zero-order chi connectivity index (χ0) is 49.3. The summed E-state index contributed by atoms with van der Waals surface area (Å²) < 4.78 is 5.50. The third kappa shape index (κ3) is 53.9. The lowest BCUT2D eigenvalue weighted by molar-refractivity contribution is -0.143. The lowest BCUT2D eigenvalue weighted by atomic mass is 10.0. The van der Waals surface area contributed by atoms with Crippen LogP contribution in [0.2, 0.25) is 0 Å². The van der Waals surface area contributed by atoms with Crippen LogP contribution in [0.1, 0.15) is 348 Å². The van der Waals surface area contributed by atoms with Crippen molar-refractivity contribution in [2.24, 2.45) is 0 Å². The van der Waals surface area contributed by atoms with Crippen molar-refractivity contribution < 1.29 is 24.5 Å². The predicted octanol–water partition coefficient (Wildman–Crippen LogP) is 19.2. The second-order valence-electron chi connectivity index (χ2n) is 21.4. The number of esters is 1. The number of hydrogen-bond acceptors (Lipinski definition) is 5. The number of ether oxygens (including phenoxy) is 1. The minimum atomic E-state index is -0.844. The number of rotatable bonds is 58. The third-order valence-electron chi connectivity index (χ3n) is 14.6. The molecule has 0 heterocycles. The lowest BCUT2D eigenvalue weighted by Gasteiger charge is -2.20. The molecule has 0 aromatic rings. The van der Waals surface area contributed by atoms with Crippen LogP contribution in [0.5, 0.6) is 0 Å². The summed E-state index contributed by atoms with van der Waals surface area (Å²) in [5, 5.41) is 23.1. The van der Waals surface area contributed by atoms with Gasteiger partial charge in [0.1, 0.15) is 0 Å². The maximum absolute atomic E-state index is 12.5. The van der Waals surface area contributed by atoms with Gasteiger partial charge in [-0.15, -0.1) is 0 Å². The van der Waals surface area contributed by atoms with Crippen molar-refractivity contribution in [3.8, 4) is 0 Å². The molecule has 6 heteroatoms. The Bertz CT molecular complexity index is 1020. The zero-order valence-corrected chi connectivity index (χ0v) is 46.1. The SMILES string of the molecule is CCCCCCCCCCCCCC/C=C/C(O)C(CO)NC(=O)CCCCCCCCCCCCCCCCCCCCCCOC(=O)CCCCCCCCCCCCCCCCCCC. The molecule has 6 nitrogen and oxygen atoms in total. The normalized spacial score (nSPS) is 12.6. The van der Waals surface area contributed by atoms with Gasteiger partial charge >= 0.3 is 5.97 Å². The van der Waals surface area contributed by atoms with Gasteiger partial charge < -0.3 is 20.3 Å². The topological polar surface area (TPSA) is 95.9 Å². The highest BCUT2D eigenvalue weighted by molar-refractivity contribution is 5.76. The van der Waals surface area contributed by atoms with Gasteiger partial charge in [-0.25, -0.2) is 0 Å². The maximum atomic E-state index is 12.5. The highest BCUT2D eigenvalue weighted by Crippen LogP contribution is 2.18. The number of aliphatic hydroxyl groups is 2. The molecule has 0 aromatic heterocycles. The van der Waals surface area contributed by atoms with E-state index in [9.17, 15) is 19.8 Å². The van der Waals surface area contributed by atoms with E-state index in [-0.39, 0.29) is 18.5 Å². The number of carbonyl (C=O) groups excluding carboxylic acids is 2. The molecule has 68 heavy (non-hydrogen) atoms. The van der Waals surface area contributed by atoms with E-state index in [0.29, 0.717) is 19.4 Å². The molecule has 0 bridgehead atoms. The van der Waals surface area contributed by atoms with Gasteiger partial charge in [-0.1, -0.05) is 315 Å². The predicted molar refractivity (Wildman–Crippen MR) is 297 cm³/mol. The van der Waals surface area contributed by atoms with Crippen LogP contribution < -0.4 is 5.32 Å². The van der Waals surface area contributed by atoms with Crippen molar-refractivity contribution in [3.63, 3.8) is 0 Å². The number of amides is 1. The van der Waals surface area contributed by atoms with Gasteiger partial charge in [-0.3, -0.25) is 9.59 Å². The maximum Gasteiger partial charge on any atom is 0.305 e. The van der Waals surface area contributed by atoms with Gasteiger partial charge in [-0.2, -0.15) is 0 Å². The first-order valence-electron chi connectivity index (χ1n) is 31.0. The number of allylic oxidation sites excluding steroid dienone is 1. The van der Waals surface area contributed by atoms with Crippen LogP contribution in [-0.4, -0.2) is 47.4 Å². The largest absolute Gasteiger partial charge is 0.466 e. The monoisotopic (exact) mass is 960 g/mol. The molecule has 404 valence electrons. The summed E-state index contributed by atoms with van der Waals surface area (Å²) in [5.41, 5.74) is 0. The highest BCUT2D eigenvalue weighted by Gasteiger charge is 2.18. The van der Waals surface area contributed by atoms with E-state index in [1.54, 1.807) is 6.08 Å². The number of unbranched alkanes of at least 4 members (excludes halogenated alkanes) is 47. The van der Waals surface area contributed by atoms with Crippen molar-refractivity contribution in [2.45, 2.75) is 360 Å². The lowest BCUT2D eigenvalue weighted by Crippen LogP contribution is -2.45. The smallest absolute Gasteiger partial charge is 0.305 e. The Kier molecular flexibility index (Phi) is 57.0. The molecule has 0 spiro atoms. The molecule has 0 aliphatic carbocycles. The van der Waals surface area contributed by atoms with Crippen LogP contribution in [-0.2, 0) is 14.3 Å². The fourth-order valence-corrected chi connectivity index (χ4v) is 9.81. The summed E-state index contributed by atoms with van der Waals surface area (Å²) in [6.45, 7) is 4.93. The molecule has 0 aliphatic heterocycles. The first-order chi connectivity index (χ1) is 33.5. The van der Waals surface area contributed by atoms with Crippen molar-refractivity contribution in [3.05, 3.63) is 12.2 Å². The van der Waals surface area contributed by atoms with E-state index in [2.05, 4.69) is 19.2 Å². The van der Waals surface area contributed by atoms with Crippen molar-refractivity contribution in [2.75, 3.05) is 13.2 Å². The number of carbonyl (C=O) groups is 2. The summed E-state index contributed by atoms with van der Waals surface area (Å²) in [6, 6.07) is -0.628. The van der Waals surface area contributed by atoms with Gasteiger partial charge in [0.15, 0.2) is 0 Å². The number of hydrogen-bond donors (Lipinski definition) is 3. The molecule has 1 amide bonds. The Morgan fingerprint density at radius 3 is 1.00 bits per heavy atom. The van der Waals surface area contributed by atoms with E-state index < -0.39 is 12.1 Å². The van der Waals surface area contributed by atoms with Crippen LogP contribution in [0, 0.1) is 0 Å². The molecule has 2 atom stereocenters. The fraction of sp³-hybridized carbons (Fsp3) is 0.935. The molecule has 3 N–H and O–H groups in total. The molecule has 0 saturated carbocycles. The van der Waals surface area contributed by atoms with Crippen LogP contribution in [0.15, 0.2) is 12.2 Å². The van der Waals surface area contributed by atoms with E-state index >= 15 is 0 Å².